The molecule has 22 heavy (non-hydrogen) atoms. The van der Waals surface area contributed by atoms with Gasteiger partial charge < -0.3 is 14.6 Å². The minimum absolute atomic E-state index is 0.0922. The van der Waals surface area contributed by atoms with Gasteiger partial charge >= 0.3 is 17.9 Å². The molecule has 1 N–H and O–H groups in total. The summed E-state index contributed by atoms with van der Waals surface area (Å²) >= 11 is 0. The van der Waals surface area contributed by atoms with Gasteiger partial charge in [0.1, 0.15) is 12.7 Å². The number of carbonyl (C=O) groups is 3. The third-order valence-electron chi connectivity index (χ3n) is 3.50. The third kappa shape index (κ3) is 5.02. The van der Waals surface area contributed by atoms with Gasteiger partial charge in [0.25, 0.3) is 0 Å². The van der Waals surface area contributed by atoms with Crippen molar-refractivity contribution in [2.75, 3.05) is 6.61 Å². The van der Waals surface area contributed by atoms with Gasteiger partial charge in [0.05, 0.1) is 11.8 Å². The summed E-state index contributed by atoms with van der Waals surface area (Å²) in [5.41, 5.74) is 0.269. The lowest BCUT2D eigenvalue weighted by Gasteiger charge is -2.23. The van der Waals surface area contributed by atoms with Crippen molar-refractivity contribution in [3.8, 4) is 0 Å². The highest BCUT2D eigenvalue weighted by atomic mass is 16.6. The molecule has 3 atom stereocenters. The Bertz CT molecular complexity index is 479. The molecule has 0 aromatic heterocycles. The monoisotopic (exact) mass is 310 g/mol. The Labute approximate surface area is 129 Å². The van der Waals surface area contributed by atoms with Gasteiger partial charge in [-0.05, 0) is 26.2 Å². The minimum Gasteiger partial charge on any atom is -0.481 e. The van der Waals surface area contributed by atoms with Crippen molar-refractivity contribution < 1.29 is 29.0 Å². The van der Waals surface area contributed by atoms with E-state index in [1.165, 1.54) is 6.92 Å². The summed E-state index contributed by atoms with van der Waals surface area (Å²) in [6.45, 7) is 6.72. The fraction of sp³-hybridized carbons (Fsp3) is 0.562. The maximum atomic E-state index is 12.1. The Morgan fingerprint density at radius 2 is 2.09 bits per heavy atom. The largest absolute Gasteiger partial charge is 0.481 e. The molecular weight excluding hydrogens is 288 g/mol. The van der Waals surface area contributed by atoms with Crippen LogP contribution in [0.2, 0.25) is 0 Å². The molecule has 0 heterocycles. The van der Waals surface area contributed by atoms with E-state index in [2.05, 4.69) is 6.58 Å². The maximum absolute atomic E-state index is 12.1. The van der Waals surface area contributed by atoms with Gasteiger partial charge in [-0.3, -0.25) is 9.59 Å². The fourth-order valence-electron chi connectivity index (χ4n) is 2.11. The predicted octanol–water partition coefficient (Wildman–Crippen LogP) is 2.09. The Kier molecular flexibility index (Phi) is 6.82. The number of allylic oxidation sites excluding steroid dienone is 1. The van der Waals surface area contributed by atoms with Crippen LogP contribution in [0.25, 0.3) is 0 Å². The molecule has 6 heteroatoms. The van der Waals surface area contributed by atoms with Crippen molar-refractivity contribution in [3.63, 3.8) is 0 Å². The van der Waals surface area contributed by atoms with E-state index in [9.17, 15) is 14.4 Å². The predicted molar refractivity (Wildman–Crippen MR) is 78.9 cm³/mol. The van der Waals surface area contributed by atoms with Gasteiger partial charge in [0.2, 0.25) is 0 Å². The highest BCUT2D eigenvalue weighted by Gasteiger charge is 2.34. The number of rotatable bonds is 7. The standard InChI is InChI=1S/C16H22O6/c1-4-11(22-15(19)10(2)3)9-21-16(20)13-8-6-5-7-12(13)14(17)18/h6,8,11-13H,2,4-5,7,9H2,1,3H3,(H,17,18). The normalized spacial score (nSPS) is 21.7. The topological polar surface area (TPSA) is 89.9 Å². The molecule has 0 amide bonds. The first kappa shape index (κ1) is 17.9. The molecule has 0 bridgehead atoms. The first-order chi connectivity index (χ1) is 10.4. The summed E-state index contributed by atoms with van der Waals surface area (Å²) in [6.07, 6.45) is 4.32. The summed E-state index contributed by atoms with van der Waals surface area (Å²) in [7, 11) is 0. The first-order valence-corrected chi connectivity index (χ1v) is 7.29. The van der Waals surface area contributed by atoms with E-state index >= 15 is 0 Å². The van der Waals surface area contributed by atoms with Gasteiger partial charge in [0, 0.05) is 5.57 Å². The van der Waals surface area contributed by atoms with Crippen molar-refractivity contribution in [3.05, 3.63) is 24.3 Å². The molecule has 6 nitrogen and oxygen atoms in total. The molecule has 0 radical (unpaired) electrons. The Hall–Kier alpha value is -2.11. The van der Waals surface area contributed by atoms with Gasteiger partial charge in [-0.15, -0.1) is 0 Å². The zero-order valence-corrected chi connectivity index (χ0v) is 12.9. The highest BCUT2D eigenvalue weighted by molar-refractivity contribution is 5.87. The molecule has 0 fully saturated rings. The van der Waals surface area contributed by atoms with Crippen LogP contribution in [0.15, 0.2) is 24.3 Å². The number of hydrogen-bond acceptors (Lipinski definition) is 5. The molecule has 0 saturated heterocycles. The van der Waals surface area contributed by atoms with Crippen LogP contribution in [0.4, 0.5) is 0 Å². The lowest BCUT2D eigenvalue weighted by atomic mass is 9.84. The second-order valence-electron chi connectivity index (χ2n) is 5.32. The van der Waals surface area contributed by atoms with Gasteiger partial charge in [-0.2, -0.15) is 0 Å². The lowest BCUT2D eigenvalue weighted by molar-refractivity contribution is -0.162. The van der Waals surface area contributed by atoms with E-state index in [1.807, 2.05) is 0 Å². The molecule has 0 saturated carbocycles. The minimum atomic E-state index is -1.01. The molecule has 0 aromatic carbocycles. The van der Waals surface area contributed by atoms with Gasteiger partial charge in [0.15, 0.2) is 0 Å². The van der Waals surface area contributed by atoms with Crippen LogP contribution in [-0.4, -0.2) is 35.7 Å². The Balaban J connectivity index is 2.57. The summed E-state index contributed by atoms with van der Waals surface area (Å²) in [5.74, 6) is -3.71. The maximum Gasteiger partial charge on any atom is 0.333 e. The van der Waals surface area contributed by atoms with E-state index in [0.717, 1.165) is 0 Å². The van der Waals surface area contributed by atoms with Crippen LogP contribution in [0, 0.1) is 11.8 Å². The second-order valence-corrected chi connectivity index (χ2v) is 5.32. The molecule has 3 unspecified atom stereocenters. The Morgan fingerprint density at radius 3 is 2.64 bits per heavy atom. The van der Waals surface area contributed by atoms with Crippen LogP contribution in [-0.2, 0) is 23.9 Å². The van der Waals surface area contributed by atoms with E-state index in [-0.39, 0.29) is 12.2 Å². The van der Waals surface area contributed by atoms with E-state index in [4.69, 9.17) is 14.6 Å². The molecule has 1 aliphatic rings. The number of ether oxygens (including phenoxy) is 2. The number of hydrogen-bond donors (Lipinski definition) is 1. The summed E-state index contributed by atoms with van der Waals surface area (Å²) < 4.78 is 10.3. The first-order valence-electron chi connectivity index (χ1n) is 7.29. The lowest BCUT2D eigenvalue weighted by Crippen LogP contribution is -2.33. The number of carbonyl (C=O) groups excluding carboxylic acids is 2. The van der Waals surface area contributed by atoms with Crippen molar-refractivity contribution >= 4 is 17.9 Å². The van der Waals surface area contributed by atoms with Crippen LogP contribution < -0.4 is 0 Å². The molecular formula is C16H22O6. The summed E-state index contributed by atoms with van der Waals surface area (Å²) in [6, 6.07) is 0. The van der Waals surface area contributed by atoms with Crippen molar-refractivity contribution in [1.82, 2.24) is 0 Å². The van der Waals surface area contributed by atoms with Gasteiger partial charge in [-0.25, -0.2) is 4.79 Å². The quantitative estimate of drug-likeness (QED) is 0.440. The molecule has 1 rings (SSSR count). The molecule has 1 aliphatic carbocycles. The molecule has 0 aromatic rings. The highest BCUT2D eigenvalue weighted by Crippen LogP contribution is 2.26. The SMILES string of the molecule is C=C(C)C(=O)OC(CC)COC(=O)C1C=CCCC1C(=O)O. The van der Waals surface area contributed by atoms with Crippen LogP contribution in [0.3, 0.4) is 0 Å². The number of aliphatic carboxylic acids is 1. The van der Waals surface area contributed by atoms with Crippen LogP contribution in [0.5, 0.6) is 0 Å². The van der Waals surface area contributed by atoms with Crippen LogP contribution in [0.1, 0.15) is 33.1 Å². The van der Waals surface area contributed by atoms with Crippen LogP contribution >= 0.6 is 0 Å². The summed E-state index contributed by atoms with van der Waals surface area (Å²) in [4.78, 5) is 34.7. The zero-order chi connectivity index (χ0) is 16.7. The molecule has 0 spiro atoms. The zero-order valence-electron chi connectivity index (χ0n) is 12.9. The number of esters is 2. The average molecular weight is 310 g/mol. The number of carboxylic acid groups (broad SMARTS) is 1. The number of carboxylic acids is 1. The van der Waals surface area contributed by atoms with Gasteiger partial charge in [-0.1, -0.05) is 25.7 Å². The van der Waals surface area contributed by atoms with Crippen molar-refractivity contribution in [2.24, 2.45) is 11.8 Å². The summed E-state index contributed by atoms with van der Waals surface area (Å²) in [5, 5.41) is 9.14. The molecule has 122 valence electrons. The van der Waals surface area contributed by atoms with E-state index in [0.29, 0.717) is 19.3 Å². The second kappa shape index (κ2) is 8.36. The van der Waals surface area contributed by atoms with E-state index in [1.54, 1.807) is 19.1 Å². The molecule has 0 aliphatic heterocycles. The third-order valence-corrected chi connectivity index (χ3v) is 3.50. The van der Waals surface area contributed by atoms with Crippen molar-refractivity contribution in [2.45, 2.75) is 39.2 Å². The smallest absolute Gasteiger partial charge is 0.333 e. The fourth-order valence-corrected chi connectivity index (χ4v) is 2.11. The van der Waals surface area contributed by atoms with Crippen molar-refractivity contribution in [1.29, 1.82) is 0 Å². The Morgan fingerprint density at radius 1 is 1.41 bits per heavy atom. The average Bonchev–Trinajstić information content (AvgIpc) is 2.50. The van der Waals surface area contributed by atoms with E-state index < -0.39 is 35.8 Å².